The lowest BCUT2D eigenvalue weighted by Crippen LogP contribution is -2.45. The molecule has 0 aromatic rings. The van der Waals surface area contributed by atoms with Crippen molar-refractivity contribution in [3.05, 3.63) is 0 Å². The Morgan fingerprint density at radius 2 is 1.65 bits per heavy atom. The van der Waals surface area contributed by atoms with Crippen molar-refractivity contribution in [1.82, 2.24) is 10.6 Å². The van der Waals surface area contributed by atoms with E-state index in [2.05, 4.69) is 57.2 Å². The predicted octanol–water partition coefficient (Wildman–Crippen LogP) is 6.55. The molecule has 0 aromatic carbocycles. The van der Waals surface area contributed by atoms with E-state index in [9.17, 15) is 14.4 Å². The molecule has 1 aliphatic carbocycles. The fourth-order valence-electron chi connectivity index (χ4n) is 6.45. The first-order valence-electron chi connectivity index (χ1n) is 16.1. The molecule has 2 N–H and O–H groups in total. The van der Waals surface area contributed by atoms with E-state index in [1.807, 2.05) is 0 Å². The Bertz CT molecular complexity index is 882. The van der Waals surface area contributed by atoms with E-state index in [1.165, 1.54) is 12.8 Å². The number of carbonyl (C=O) groups is 2. The van der Waals surface area contributed by atoms with Gasteiger partial charge in [0.25, 0.3) is 0 Å². The zero-order chi connectivity index (χ0) is 32.6. The molecule has 3 atom stereocenters. The van der Waals surface area contributed by atoms with Gasteiger partial charge in [0.1, 0.15) is 6.10 Å². The highest BCUT2D eigenvalue weighted by Gasteiger charge is 2.42. The number of unbranched alkanes of at least 4 members (excludes halogenated alkanes) is 4. The first-order valence-corrected chi connectivity index (χ1v) is 18.0. The summed E-state index contributed by atoms with van der Waals surface area (Å²) >= 11 is 0. The molecule has 0 saturated heterocycles. The van der Waals surface area contributed by atoms with E-state index in [0.717, 1.165) is 51.4 Å². The van der Waals surface area contributed by atoms with Crippen LogP contribution in [0.5, 0.6) is 0 Å². The second-order valence-electron chi connectivity index (χ2n) is 14.3. The van der Waals surface area contributed by atoms with Crippen molar-refractivity contribution in [2.24, 2.45) is 21.2 Å². The minimum absolute atomic E-state index is 0.00888. The Morgan fingerprint density at radius 1 is 1.00 bits per heavy atom. The molecule has 0 heterocycles. The Kier molecular flexibility index (Phi) is 17.2. The zero-order valence-electron chi connectivity index (χ0n) is 28.6. The number of ether oxygens (including phenoxy) is 1. The summed E-state index contributed by atoms with van der Waals surface area (Å²) in [6.45, 7) is 13.8. The van der Waals surface area contributed by atoms with E-state index < -0.39 is 14.9 Å². The van der Waals surface area contributed by atoms with Gasteiger partial charge in [0.2, 0.25) is 12.0 Å². The molecule has 11 heteroatoms. The summed E-state index contributed by atoms with van der Waals surface area (Å²) in [5.41, 5.74) is -0.362. The summed E-state index contributed by atoms with van der Waals surface area (Å²) in [4.78, 5) is 40.6. The molecule has 0 radical (unpaired) electrons. The lowest BCUT2D eigenvalue weighted by atomic mass is 9.63. The van der Waals surface area contributed by atoms with Gasteiger partial charge in [0.15, 0.2) is 0 Å². The minimum Gasteiger partial charge on any atom is -0.446 e. The van der Waals surface area contributed by atoms with Gasteiger partial charge in [-0.05, 0) is 61.2 Å². The normalized spacial score (nSPS) is 21.0. The summed E-state index contributed by atoms with van der Waals surface area (Å²) in [7, 11) is 2.14. The van der Waals surface area contributed by atoms with Crippen molar-refractivity contribution in [3.63, 3.8) is 0 Å². The van der Waals surface area contributed by atoms with E-state index in [4.69, 9.17) is 18.0 Å². The lowest BCUT2D eigenvalue weighted by molar-refractivity contribution is -0.122. The van der Waals surface area contributed by atoms with Gasteiger partial charge in [-0.1, -0.05) is 67.2 Å². The van der Waals surface area contributed by atoms with E-state index in [-0.39, 0.29) is 40.7 Å². The smallest absolute Gasteiger partial charge is 0.446 e. The van der Waals surface area contributed by atoms with Gasteiger partial charge in [0.05, 0.1) is 6.04 Å². The molecule has 43 heavy (non-hydrogen) atoms. The van der Waals surface area contributed by atoms with Crippen molar-refractivity contribution < 1.29 is 32.4 Å². The molecule has 3 unspecified atom stereocenters. The Labute approximate surface area is 262 Å². The number of aliphatic imine (C=N–C) groups is 1. The van der Waals surface area contributed by atoms with Crippen LogP contribution < -0.4 is 10.6 Å². The number of rotatable bonds is 21. The summed E-state index contributed by atoms with van der Waals surface area (Å²) in [5, 5.41) is 6.04. The average Bonchev–Trinajstić information content (AvgIpc) is 2.94. The van der Waals surface area contributed by atoms with Gasteiger partial charge in [-0.3, -0.25) is 4.79 Å². The molecule has 2 amide bonds. The molecular formula is C32H61N3O7Si. The van der Waals surface area contributed by atoms with Crippen molar-refractivity contribution in [1.29, 1.82) is 0 Å². The standard InChI is InChI=1S/C32H61N3O7Si/c1-10-11-12-13-14-15-27(16-17-28(37)33-23-30(2,3)18-19-43(39-7,40-8)41-9)42-29(38)34-24-32(6)21-26(35-25-36)20-31(4,5)22-32/h26-27H,10-24H2,1-9H3,(H,33,37)(H,34,38). The van der Waals surface area contributed by atoms with Crippen LogP contribution in [0.4, 0.5) is 4.79 Å². The van der Waals surface area contributed by atoms with Crippen LogP contribution in [0.15, 0.2) is 4.99 Å². The van der Waals surface area contributed by atoms with Crippen LogP contribution in [0.3, 0.4) is 0 Å². The number of hydrogen-bond donors (Lipinski definition) is 2. The van der Waals surface area contributed by atoms with Crippen LogP contribution in [0.1, 0.15) is 119 Å². The van der Waals surface area contributed by atoms with Crippen LogP contribution in [0.25, 0.3) is 0 Å². The molecule has 0 spiro atoms. The highest BCUT2D eigenvalue weighted by Crippen LogP contribution is 2.46. The van der Waals surface area contributed by atoms with Gasteiger partial charge in [-0.2, -0.15) is 0 Å². The van der Waals surface area contributed by atoms with Crippen molar-refractivity contribution >= 4 is 26.9 Å². The summed E-state index contributed by atoms with van der Waals surface area (Å²) in [6, 6.07) is 0.567. The Hall–Kier alpha value is -1.78. The maximum absolute atomic E-state index is 12.9. The number of nitrogens with one attached hydrogen (secondary N) is 2. The quantitative estimate of drug-likeness (QED) is 0.0640. The minimum atomic E-state index is -2.68. The number of carbonyl (C=O) groups excluding carboxylic acids is 3. The van der Waals surface area contributed by atoms with Gasteiger partial charge < -0.3 is 28.6 Å². The summed E-state index contributed by atoms with van der Waals surface area (Å²) in [5.74, 6) is -0.0551. The predicted molar refractivity (Wildman–Crippen MR) is 172 cm³/mol. The summed E-state index contributed by atoms with van der Waals surface area (Å²) < 4.78 is 22.5. The van der Waals surface area contributed by atoms with E-state index >= 15 is 0 Å². The Morgan fingerprint density at radius 3 is 2.26 bits per heavy atom. The van der Waals surface area contributed by atoms with E-state index in [0.29, 0.717) is 25.6 Å². The summed E-state index contributed by atoms with van der Waals surface area (Å²) in [6.07, 6.45) is 11.2. The molecule has 0 bridgehead atoms. The van der Waals surface area contributed by atoms with Crippen LogP contribution in [-0.4, -0.2) is 73.4 Å². The largest absolute Gasteiger partial charge is 0.500 e. The number of alkyl carbamates (subject to hydrolysis) is 1. The molecule has 250 valence electrons. The van der Waals surface area contributed by atoms with Gasteiger partial charge >= 0.3 is 14.9 Å². The van der Waals surface area contributed by atoms with Gasteiger partial charge in [-0.25, -0.2) is 14.6 Å². The molecule has 1 rings (SSSR count). The van der Waals surface area contributed by atoms with Crippen molar-refractivity contribution in [2.75, 3.05) is 34.4 Å². The molecule has 0 aromatic heterocycles. The topological polar surface area (TPSA) is 125 Å². The highest BCUT2D eigenvalue weighted by atomic mass is 28.4. The third-order valence-electron chi connectivity index (χ3n) is 8.72. The Balaban J connectivity index is 2.67. The molecule has 10 nitrogen and oxygen atoms in total. The maximum atomic E-state index is 12.9. The second kappa shape index (κ2) is 18.9. The van der Waals surface area contributed by atoms with Crippen LogP contribution in [-0.2, 0) is 27.6 Å². The first kappa shape index (κ1) is 39.2. The third kappa shape index (κ3) is 15.7. The fraction of sp³-hybridized carbons (Fsp3) is 0.906. The zero-order valence-corrected chi connectivity index (χ0v) is 29.6. The van der Waals surface area contributed by atoms with Crippen LogP contribution in [0.2, 0.25) is 6.04 Å². The average molecular weight is 628 g/mol. The third-order valence-corrected chi connectivity index (χ3v) is 11.4. The SMILES string of the molecule is CCCCCCCC(CCC(=O)NCC(C)(C)CC[Si](OC)(OC)OC)OC(=O)NCC1(C)CC(N=C=O)CC(C)(C)C1. The van der Waals surface area contributed by atoms with Gasteiger partial charge in [-0.15, -0.1) is 0 Å². The lowest BCUT2D eigenvalue weighted by Gasteiger charge is -2.45. The molecule has 1 aliphatic rings. The van der Waals surface area contributed by atoms with Crippen molar-refractivity contribution in [3.8, 4) is 0 Å². The molecule has 0 aliphatic heterocycles. The van der Waals surface area contributed by atoms with E-state index in [1.54, 1.807) is 27.4 Å². The number of nitrogens with zero attached hydrogens (tertiary/aromatic N) is 1. The molecule has 1 fully saturated rings. The maximum Gasteiger partial charge on any atom is 0.500 e. The van der Waals surface area contributed by atoms with Crippen molar-refractivity contribution in [2.45, 2.75) is 137 Å². The fourth-order valence-corrected chi connectivity index (χ4v) is 8.55. The van der Waals surface area contributed by atoms with Gasteiger partial charge in [0, 0.05) is 46.9 Å². The highest BCUT2D eigenvalue weighted by molar-refractivity contribution is 6.60. The van der Waals surface area contributed by atoms with Crippen LogP contribution >= 0.6 is 0 Å². The van der Waals surface area contributed by atoms with Crippen LogP contribution in [0, 0.1) is 16.2 Å². The molecular weight excluding hydrogens is 566 g/mol. The molecule has 1 saturated carbocycles. The number of isocyanates is 1. The number of hydrogen-bond acceptors (Lipinski definition) is 8. The monoisotopic (exact) mass is 627 g/mol. The second-order valence-corrected chi connectivity index (χ2v) is 17.4. The number of amides is 2. The first-order chi connectivity index (χ1) is 20.2.